The van der Waals surface area contributed by atoms with Crippen LogP contribution in [0.1, 0.15) is 66.2 Å². The van der Waals surface area contributed by atoms with Gasteiger partial charge in [-0.15, -0.1) is 0 Å². The number of hydrogen-bond acceptors (Lipinski definition) is 1. The molecule has 5 unspecified atom stereocenters. The average Bonchev–Trinajstić information content (AvgIpc) is 2.19. The summed E-state index contributed by atoms with van der Waals surface area (Å²) < 4.78 is 0. The Morgan fingerprint density at radius 2 is 1.41 bits per heavy atom. The fraction of sp³-hybridized carbons (Fsp3) is 1.00. The lowest BCUT2D eigenvalue weighted by Crippen LogP contribution is -2.46. The van der Waals surface area contributed by atoms with E-state index in [1.54, 1.807) is 0 Å². The van der Waals surface area contributed by atoms with Crippen molar-refractivity contribution in [1.82, 2.24) is 0 Å². The van der Waals surface area contributed by atoms with Crippen molar-refractivity contribution in [1.29, 1.82) is 0 Å². The van der Waals surface area contributed by atoms with Crippen molar-refractivity contribution in [3.8, 4) is 0 Å². The van der Waals surface area contributed by atoms with Crippen LogP contribution in [0, 0.1) is 29.6 Å². The summed E-state index contributed by atoms with van der Waals surface area (Å²) in [4.78, 5) is 0. The first-order chi connectivity index (χ1) is 7.90. The lowest BCUT2D eigenvalue weighted by atomic mass is 9.62. The standard InChI is InChI=1S/C16H30O/c1-11-7-12(2)10-16(17,9-11)15-6-5-13(3)14(4)8-15/h11-15,17H,5-10H2,1-4H3. The molecule has 0 aliphatic heterocycles. The van der Waals surface area contributed by atoms with Gasteiger partial charge in [-0.25, -0.2) is 0 Å². The molecule has 0 spiro atoms. The van der Waals surface area contributed by atoms with E-state index in [-0.39, 0.29) is 5.60 Å². The molecule has 0 aromatic rings. The van der Waals surface area contributed by atoms with Crippen LogP contribution in [0.3, 0.4) is 0 Å². The van der Waals surface area contributed by atoms with Crippen molar-refractivity contribution in [2.24, 2.45) is 29.6 Å². The van der Waals surface area contributed by atoms with E-state index in [1.165, 1.54) is 25.7 Å². The van der Waals surface area contributed by atoms with Crippen LogP contribution in [-0.2, 0) is 0 Å². The third kappa shape index (κ3) is 2.86. The minimum absolute atomic E-state index is 0.342. The molecule has 1 heteroatoms. The highest BCUT2D eigenvalue weighted by Gasteiger charge is 2.44. The Balaban J connectivity index is 2.04. The molecule has 1 N–H and O–H groups in total. The molecule has 0 radical (unpaired) electrons. The summed E-state index contributed by atoms with van der Waals surface area (Å²) in [6, 6.07) is 0. The van der Waals surface area contributed by atoms with Gasteiger partial charge in [0.1, 0.15) is 0 Å². The van der Waals surface area contributed by atoms with Gasteiger partial charge in [0.15, 0.2) is 0 Å². The summed E-state index contributed by atoms with van der Waals surface area (Å²) in [5.74, 6) is 3.63. The second-order valence-electron chi connectivity index (χ2n) is 7.42. The zero-order chi connectivity index (χ0) is 12.6. The van der Waals surface area contributed by atoms with Gasteiger partial charge in [-0.05, 0) is 61.7 Å². The zero-order valence-electron chi connectivity index (χ0n) is 12.1. The fourth-order valence-electron chi connectivity index (χ4n) is 4.51. The predicted molar refractivity (Wildman–Crippen MR) is 72.8 cm³/mol. The molecule has 5 atom stereocenters. The van der Waals surface area contributed by atoms with Gasteiger partial charge in [-0.3, -0.25) is 0 Å². The van der Waals surface area contributed by atoms with E-state index < -0.39 is 0 Å². The average molecular weight is 238 g/mol. The van der Waals surface area contributed by atoms with Crippen LogP contribution in [0.15, 0.2) is 0 Å². The van der Waals surface area contributed by atoms with Gasteiger partial charge in [0.2, 0.25) is 0 Å². The highest BCUT2D eigenvalue weighted by atomic mass is 16.3. The van der Waals surface area contributed by atoms with Gasteiger partial charge in [0.25, 0.3) is 0 Å². The molecule has 17 heavy (non-hydrogen) atoms. The van der Waals surface area contributed by atoms with Gasteiger partial charge < -0.3 is 5.11 Å². The molecule has 2 rings (SSSR count). The maximum Gasteiger partial charge on any atom is 0.0681 e. The molecular weight excluding hydrogens is 208 g/mol. The lowest BCUT2D eigenvalue weighted by molar-refractivity contribution is -0.0965. The van der Waals surface area contributed by atoms with Crippen LogP contribution in [0.5, 0.6) is 0 Å². The van der Waals surface area contributed by atoms with Gasteiger partial charge in [0, 0.05) is 0 Å². The summed E-state index contributed by atoms with van der Waals surface area (Å²) in [5.41, 5.74) is -0.342. The maximum atomic E-state index is 11.0. The molecule has 2 aliphatic carbocycles. The van der Waals surface area contributed by atoms with Crippen molar-refractivity contribution in [2.45, 2.75) is 71.8 Å². The third-order valence-electron chi connectivity index (χ3n) is 5.57. The van der Waals surface area contributed by atoms with Crippen LogP contribution in [-0.4, -0.2) is 10.7 Å². The Hall–Kier alpha value is -0.0400. The van der Waals surface area contributed by atoms with E-state index in [9.17, 15) is 5.11 Å². The van der Waals surface area contributed by atoms with Crippen LogP contribution >= 0.6 is 0 Å². The minimum Gasteiger partial charge on any atom is -0.390 e. The zero-order valence-corrected chi connectivity index (χ0v) is 12.1. The van der Waals surface area contributed by atoms with Gasteiger partial charge in [-0.1, -0.05) is 34.1 Å². The number of rotatable bonds is 1. The van der Waals surface area contributed by atoms with Crippen molar-refractivity contribution in [2.75, 3.05) is 0 Å². The molecule has 2 fully saturated rings. The molecule has 2 aliphatic rings. The van der Waals surface area contributed by atoms with Crippen LogP contribution in [0.4, 0.5) is 0 Å². The van der Waals surface area contributed by atoms with Crippen LogP contribution < -0.4 is 0 Å². The van der Waals surface area contributed by atoms with E-state index >= 15 is 0 Å². The largest absolute Gasteiger partial charge is 0.390 e. The van der Waals surface area contributed by atoms with E-state index in [0.29, 0.717) is 17.8 Å². The fourth-order valence-corrected chi connectivity index (χ4v) is 4.51. The summed E-state index contributed by atoms with van der Waals surface area (Å²) in [5, 5.41) is 11.0. The Labute approximate surface area is 107 Å². The quantitative estimate of drug-likeness (QED) is 0.724. The van der Waals surface area contributed by atoms with Crippen LogP contribution in [0.25, 0.3) is 0 Å². The molecule has 0 bridgehead atoms. The van der Waals surface area contributed by atoms with E-state index in [2.05, 4.69) is 27.7 Å². The maximum absolute atomic E-state index is 11.0. The summed E-state index contributed by atoms with van der Waals surface area (Å²) in [6.45, 7) is 9.37. The minimum atomic E-state index is -0.342. The van der Waals surface area contributed by atoms with Crippen LogP contribution in [0.2, 0.25) is 0 Å². The Morgan fingerprint density at radius 3 is 1.94 bits per heavy atom. The highest BCUT2D eigenvalue weighted by Crippen LogP contribution is 2.47. The molecule has 100 valence electrons. The van der Waals surface area contributed by atoms with E-state index in [1.807, 2.05) is 0 Å². The predicted octanol–water partition coefficient (Wildman–Crippen LogP) is 4.25. The van der Waals surface area contributed by atoms with E-state index in [4.69, 9.17) is 0 Å². The second kappa shape index (κ2) is 4.91. The summed E-state index contributed by atoms with van der Waals surface area (Å²) in [6.07, 6.45) is 7.21. The summed E-state index contributed by atoms with van der Waals surface area (Å²) in [7, 11) is 0. The molecular formula is C16H30O. The van der Waals surface area contributed by atoms with Crippen molar-refractivity contribution in [3.63, 3.8) is 0 Å². The Kier molecular flexibility index (Phi) is 3.87. The normalized spacial score (nSPS) is 52.4. The van der Waals surface area contributed by atoms with Gasteiger partial charge in [-0.2, -0.15) is 0 Å². The SMILES string of the molecule is CC1CC(C)CC(O)(C2CCC(C)C(C)C2)C1. The lowest BCUT2D eigenvalue weighted by Gasteiger charge is -2.47. The third-order valence-corrected chi connectivity index (χ3v) is 5.57. The van der Waals surface area contributed by atoms with Crippen molar-refractivity contribution < 1.29 is 5.11 Å². The first-order valence-electron chi connectivity index (χ1n) is 7.63. The first kappa shape index (κ1) is 13.4. The van der Waals surface area contributed by atoms with Gasteiger partial charge >= 0.3 is 0 Å². The molecule has 0 saturated heterocycles. The van der Waals surface area contributed by atoms with Crippen molar-refractivity contribution in [3.05, 3.63) is 0 Å². The molecule has 0 aromatic carbocycles. The monoisotopic (exact) mass is 238 g/mol. The highest BCUT2D eigenvalue weighted by molar-refractivity contribution is 4.95. The van der Waals surface area contributed by atoms with Crippen molar-refractivity contribution >= 4 is 0 Å². The number of aliphatic hydroxyl groups is 1. The smallest absolute Gasteiger partial charge is 0.0681 e. The molecule has 0 aromatic heterocycles. The molecule has 0 amide bonds. The molecule has 2 saturated carbocycles. The topological polar surface area (TPSA) is 20.2 Å². The number of hydrogen-bond donors (Lipinski definition) is 1. The molecule has 0 heterocycles. The Bertz CT molecular complexity index is 250. The van der Waals surface area contributed by atoms with E-state index in [0.717, 1.165) is 24.7 Å². The van der Waals surface area contributed by atoms with Gasteiger partial charge in [0.05, 0.1) is 5.60 Å². The first-order valence-corrected chi connectivity index (χ1v) is 7.63. The Morgan fingerprint density at radius 1 is 0.824 bits per heavy atom. The second-order valence-corrected chi connectivity index (χ2v) is 7.42. The summed E-state index contributed by atoms with van der Waals surface area (Å²) >= 11 is 0. The molecule has 1 nitrogen and oxygen atoms in total.